The number of halogens is 1. The third-order valence-electron chi connectivity index (χ3n) is 3.89. The summed E-state index contributed by atoms with van der Waals surface area (Å²) in [5.74, 6) is 0.895. The van der Waals surface area contributed by atoms with Gasteiger partial charge in [0.05, 0.1) is 11.6 Å². The summed E-state index contributed by atoms with van der Waals surface area (Å²) >= 11 is 3.57. The van der Waals surface area contributed by atoms with Gasteiger partial charge in [-0.05, 0) is 58.3 Å². The van der Waals surface area contributed by atoms with E-state index in [2.05, 4.69) is 35.0 Å². The molecule has 1 aliphatic rings. The summed E-state index contributed by atoms with van der Waals surface area (Å²) in [6.45, 7) is 4.01. The molecule has 94 valence electrons. The summed E-state index contributed by atoms with van der Waals surface area (Å²) < 4.78 is 11.8. The highest BCUT2D eigenvalue weighted by atomic mass is 79.9. The highest BCUT2D eigenvalue weighted by Gasteiger charge is 2.32. The fourth-order valence-electron chi connectivity index (χ4n) is 2.60. The quantitative estimate of drug-likeness (QED) is 0.842. The molecule has 0 atom stereocenters. The van der Waals surface area contributed by atoms with E-state index >= 15 is 0 Å². The van der Waals surface area contributed by atoms with Crippen LogP contribution in [-0.4, -0.2) is 20.3 Å². The van der Waals surface area contributed by atoms with Crippen LogP contribution < -0.4 is 4.74 Å². The molecule has 1 aliphatic heterocycles. The molecule has 0 N–H and O–H groups in total. The zero-order valence-electron chi connectivity index (χ0n) is 10.5. The Labute approximate surface area is 111 Å². The third kappa shape index (κ3) is 2.50. The van der Waals surface area contributed by atoms with Gasteiger partial charge in [-0.15, -0.1) is 0 Å². The average molecular weight is 299 g/mol. The fourth-order valence-corrected chi connectivity index (χ4v) is 3.15. The second-order valence-corrected chi connectivity index (χ2v) is 5.45. The molecule has 0 unspecified atom stereocenters. The van der Waals surface area contributed by atoms with E-state index < -0.39 is 0 Å². The van der Waals surface area contributed by atoms with Gasteiger partial charge < -0.3 is 9.47 Å². The van der Waals surface area contributed by atoms with Crippen LogP contribution in [0.3, 0.4) is 0 Å². The predicted octanol–water partition coefficient (Wildman–Crippen LogP) is 3.92. The lowest BCUT2D eigenvalue weighted by Crippen LogP contribution is -2.33. The monoisotopic (exact) mass is 298 g/mol. The van der Waals surface area contributed by atoms with E-state index in [0.29, 0.717) is 0 Å². The van der Waals surface area contributed by atoms with Crippen molar-refractivity contribution in [2.75, 3.05) is 20.3 Å². The van der Waals surface area contributed by atoms with Gasteiger partial charge in [0.15, 0.2) is 0 Å². The molecule has 0 bridgehead atoms. The number of methoxy groups -OCH3 is 1. The van der Waals surface area contributed by atoms with Crippen LogP contribution in [0.25, 0.3) is 0 Å². The van der Waals surface area contributed by atoms with Gasteiger partial charge in [-0.25, -0.2) is 0 Å². The van der Waals surface area contributed by atoms with E-state index in [1.807, 2.05) is 6.07 Å². The van der Waals surface area contributed by atoms with Crippen LogP contribution in [0.5, 0.6) is 5.75 Å². The first kappa shape index (κ1) is 12.9. The largest absolute Gasteiger partial charge is 0.496 e. The number of benzene rings is 1. The molecule has 17 heavy (non-hydrogen) atoms. The van der Waals surface area contributed by atoms with Crippen molar-refractivity contribution in [3.8, 4) is 5.75 Å². The standard InChI is InChI=1S/C14H19BrO2/c1-3-14(6-8-17-9-7-14)11-4-5-13(16-2)12(15)10-11/h4-5,10H,3,6-9H2,1-2H3. The molecular weight excluding hydrogens is 280 g/mol. The van der Waals surface area contributed by atoms with Crippen molar-refractivity contribution < 1.29 is 9.47 Å². The smallest absolute Gasteiger partial charge is 0.133 e. The molecule has 1 heterocycles. The Bertz CT molecular complexity index is 384. The minimum absolute atomic E-state index is 0.285. The van der Waals surface area contributed by atoms with Gasteiger partial charge in [-0.1, -0.05) is 13.0 Å². The third-order valence-corrected chi connectivity index (χ3v) is 4.51. The van der Waals surface area contributed by atoms with Crippen LogP contribution in [0.4, 0.5) is 0 Å². The van der Waals surface area contributed by atoms with Gasteiger partial charge in [0.25, 0.3) is 0 Å². The maximum Gasteiger partial charge on any atom is 0.133 e. The van der Waals surface area contributed by atoms with E-state index in [1.54, 1.807) is 7.11 Å². The minimum Gasteiger partial charge on any atom is -0.496 e. The van der Waals surface area contributed by atoms with Gasteiger partial charge in [-0.3, -0.25) is 0 Å². The Hall–Kier alpha value is -0.540. The molecule has 0 amide bonds. The summed E-state index contributed by atoms with van der Waals surface area (Å²) in [6, 6.07) is 6.44. The lowest BCUT2D eigenvalue weighted by atomic mass is 9.72. The Morgan fingerprint density at radius 1 is 1.35 bits per heavy atom. The first-order chi connectivity index (χ1) is 8.22. The van der Waals surface area contributed by atoms with E-state index in [4.69, 9.17) is 9.47 Å². The molecule has 1 aromatic rings. The van der Waals surface area contributed by atoms with E-state index in [1.165, 1.54) is 5.56 Å². The van der Waals surface area contributed by atoms with Crippen LogP contribution in [0, 0.1) is 0 Å². The molecule has 1 fully saturated rings. The normalized spacial score (nSPS) is 19.0. The van der Waals surface area contributed by atoms with Gasteiger partial charge >= 0.3 is 0 Å². The van der Waals surface area contributed by atoms with Gasteiger partial charge in [0, 0.05) is 13.2 Å². The Balaban J connectivity index is 2.33. The number of rotatable bonds is 3. The molecule has 0 radical (unpaired) electrons. The first-order valence-electron chi connectivity index (χ1n) is 6.13. The van der Waals surface area contributed by atoms with Crippen molar-refractivity contribution in [2.24, 2.45) is 0 Å². The second-order valence-electron chi connectivity index (χ2n) is 4.60. The van der Waals surface area contributed by atoms with Crippen molar-refractivity contribution in [2.45, 2.75) is 31.6 Å². The highest BCUT2D eigenvalue weighted by Crippen LogP contribution is 2.40. The second kappa shape index (κ2) is 5.40. The molecule has 2 nitrogen and oxygen atoms in total. The fraction of sp³-hybridized carbons (Fsp3) is 0.571. The zero-order chi connectivity index (χ0) is 12.3. The zero-order valence-corrected chi connectivity index (χ0v) is 12.0. The van der Waals surface area contributed by atoms with Crippen molar-refractivity contribution in [1.29, 1.82) is 0 Å². The number of hydrogen-bond acceptors (Lipinski definition) is 2. The van der Waals surface area contributed by atoms with Crippen LogP contribution >= 0.6 is 15.9 Å². The topological polar surface area (TPSA) is 18.5 Å². The molecule has 3 heteroatoms. The molecule has 2 rings (SSSR count). The van der Waals surface area contributed by atoms with Crippen molar-refractivity contribution in [1.82, 2.24) is 0 Å². The highest BCUT2D eigenvalue weighted by molar-refractivity contribution is 9.10. The Morgan fingerprint density at radius 2 is 2.06 bits per heavy atom. The molecule has 0 aromatic heterocycles. The maximum absolute atomic E-state index is 5.49. The molecule has 0 aliphatic carbocycles. The van der Waals surface area contributed by atoms with Crippen LogP contribution in [0.1, 0.15) is 31.7 Å². The van der Waals surface area contributed by atoms with Gasteiger partial charge in [0.1, 0.15) is 5.75 Å². The summed E-state index contributed by atoms with van der Waals surface area (Å²) in [6.07, 6.45) is 3.39. The Kier molecular flexibility index (Phi) is 4.10. The lowest BCUT2D eigenvalue weighted by molar-refractivity contribution is 0.0485. The minimum atomic E-state index is 0.285. The predicted molar refractivity (Wildman–Crippen MR) is 72.7 cm³/mol. The average Bonchev–Trinajstić information content (AvgIpc) is 2.39. The van der Waals surface area contributed by atoms with Crippen LogP contribution in [0.2, 0.25) is 0 Å². The van der Waals surface area contributed by atoms with E-state index in [9.17, 15) is 0 Å². The summed E-state index contributed by atoms with van der Waals surface area (Å²) in [5.41, 5.74) is 1.68. The van der Waals surface area contributed by atoms with Crippen LogP contribution in [0.15, 0.2) is 22.7 Å². The Morgan fingerprint density at radius 3 is 2.59 bits per heavy atom. The summed E-state index contributed by atoms with van der Waals surface area (Å²) in [5, 5.41) is 0. The lowest BCUT2D eigenvalue weighted by Gasteiger charge is -2.37. The summed E-state index contributed by atoms with van der Waals surface area (Å²) in [4.78, 5) is 0. The van der Waals surface area contributed by atoms with Crippen molar-refractivity contribution >= 4 is 15.9 Å². The SMILES string of the molecule is CCC1(c2ccc(OC)c(Br)c2)CCOCC1. The van der Waals surface area contributed by atoms with E-state index in [-0.39, 0.29) is 5.41 Å². The molecule has 1 aromatic carbocycles. The molecule has 1 saturated heterocycles. The van der Waals surface area contributed by atoms with Crippen molar-refractivity contribution in [3.63, 3.8) is 0 Å². The maximum atomic E-state index is 5.49. The first-order valence-corrected chi connectivity index (χ1v) is 6.93. The van der Waals surface area contributed by atoms with Gasteiger partial charge in [0.2, 0.25) is 0 Å². The molecular formula is C14H19BrO2. The molecule has 0 spiro atoms. The van der Waals surface area contributed by atoms with Gasteiger partial charge in [-0.2, -0.15) is 0 Å². The van der Waals surface area contributed by atoms with Crippen LogP contribution in [-0.2, 0) is 10.2 Å². The summed E-state index contributed by atoms with van der Waals surface area (Å²) in [7, 11) is 1.70. The van der Waals surface area contributed by atoms with Crippen molar-refractivity contribution in [3.05, 3.63) is 28.2 Å². The van der Waals surface area contributed by atoms with E-state index in [0.717, 1.165) is 42.7 Å². The number of ether oxygens (including phenoxy) is 2. The molecule has 0 saturated carbocycles. The number of hydrogen-bond donors (Lipinski definition) is 0.